The molecule has 3 N–H and O–H groups in total. The van der Waals surface area contributed by atoms with Crippen LogP contribution >= 0.6 is 0 Å². The Bertz CT molecular complexity index is 427. The second kappa shape index (κ2) is 7.26. The summed E-state index contributed by atoms with van der Waals surface area (Å²) in [6, 6.07) is 7.73. The molecular formula is C15H23N3O2. The maximum atomic E-state index is 11.9. The number of carbonyl (C=O) groups excluding carboxylic acids is 1. The van der Waals surface area contributed by atoms with E-state index in [1.54, 1.807) is 12.1 Å². The van der Waals surface area contributed by atoms with Gasteiger partial charge in [-0.3, -0.25) is 4.79 Å². The zero-order valence-corrected chi connectivity index (χ0v) is 12.0. The average Bonchev–Trinajstić information content (AvgIpc) is 2.48. The average molecular weight is 277 g/mol. The molecule has 5 nitrogen and oxygen atoms in total. The van der Waals surface area contributed by atoms with Crippen molar-refractivity contribution in [2.75, 3.05) is 37.9 Å². The highest BCUT2D eigenvalue weighted by Crippen LogP contribution is 2.14. The summed E-state index contributed by atoms with van der Waals surface area (Å²) in [6.07, 6.45) is 2.60. The van der Waals surface area contributed by atoms with Crippen molar-refractivity contribution in [1.82, 2.24) is 4.90 Å². The van der Waals surface area contributed by atoms with Gasteiger partial charge in [-0.15, -0.1) is 0 Å². The highest BCUT2D eigenvalue weighted by Gasteiger charge is 2.18. The number of nitrogens with one attached hydrogen (secondary N) is 1. The van der Waals surface area contributed by atoms with E-state index in [1.807, 2.05) is 12.1 Å². The highest BCUT2D eigenvalue weighted by molar-refractivity contribution is 5.90. The minimum Gasteiger partial charge on any atom is -0.399 e. The molecule has 0 aromatic heterocycles. The molecule has 1 aromatic rings. The standard InChI is InChI=1S/C15H23N3O2/c1-18(14-7-10-20-11-8-14)9-6-15(19)17-13-4-2-12(16)3-5-13/h2-5,14H,6-11,16H2,1H3,(H,17,19). The summed E-state index contributed by atoms with van der Waals surface area (Å²) in [6.45, 7) is 2.42. The Morgan fingerprint density at radius 2 is 2.00 bits per heavy atom. The van der Waals surface area contributed by atoms with Crippen LogP contribution in [-0.4, -0.2) is 43.7 Å². The van der Waals surface area contributed by atoms with Gasteiger partial charge >= 0.3 is 0 Å². The minimum atomic E-state index is 0.0358. The van der Waals surface area contributed by atoms with Crippen molar-refractivity contribution in [2.24, 2.45) is 0 Å². The molecule has 0 bridgehead atoms. The Balaban J connectivity index is 1.72. The first kappa shape index (κ1) is 14.8. The molecule has 110 valence electrons. The molecule has 1 amide bonds. The molecule has 2 rings (SSSR count). The number of hydrogen-bond acceptors (Lipinski definition) is 4. The maximum absolute atomic E-state index is 11.9. The summed E-state index contributed by atoms with van der Waals surface area (Å²) in [7, 11) is 2.08. The molecule has 1 heterocycles. The van der Waals surface area contributed by atoms with Crippen molar-refractivity contribution in [1.29, 1.82) is 0 Å². The Kier molecular flexibility index (Phi) is 5.38. The van der Waals surface area contributed by atoms with E-state index in [9.17, 15) is 4.79 Å². The van der Waals surface area contributed by atoms with Gasteiger partial charge in [0.05, 0.1) is 0 Å². The number of amides is 1. The second-order valence-corrected chi connectivity index (χ2v) is 5.24. The van der Waals surface area contributed by atoms with Crippen LogP contribution in [0.25, 0.3) is 0 Å². The monoisotopic (exact) mass is 277 g/mol. The van der Waals surface area contributed by atoms with Crippen LogP contribution in [0, 0.1) is 0 Å². The molecule has 1 aromatic carbocycles. The third-order valence-electron chi connectivity index (χ3n) is 3.70. The molecule has 0 atom stereocenters. The van der Waals surface area contributed by atoms with Crippen molar-refractivity contribution >= 4 is 17.3 Å². The third kappa shape index (κ3) is 4.51. The molecule has 1 fully saturated rings. The topological polar surface area (TPSA) is 67.6 Å². The highest BCUT2D eigenvalue weighted by atomic mass is 16.5. The number of anilines is 2. The number of benzene rings is 1. The fourth-order valence-corrected chi connectivity index (χ4v) is 2.38. The maximum Gasteiger partial charge on any atom is 0.225 e. The Morgan fingerprint density at radius 3 is 2.65 bits per heavy atom. The van der Waals surface area contributed by atoms with E-state index in [0.717, 1.165) is 38.3 Å². The zero-order valence-electron chi connectivity index (χ0n) is 12.0. The number of nitrogens with two attached hydrogens (primary N) is 1. The van der Waals surface area contributed by atoms with Crippen molar-refractivity contribution < 1.29 is 9.53 Å². The van der Waals surface area contributed by atoms with E-state index in [2.05, 4.69) is 17.3 Å². The van der Waals surface area contributed by atoms with Gasteiger partial charge in [0.15, 0.2) is 0 Å². The fraction of sp³-hybridized carbons (Fsp3) is 0.533. The van der Waals surface area contributed by atoms with E-state index in [1.165, 1.54) is 0 Å². The summed E-state index contributed by atoms with van der Waals surface area (Å²) in [5.74, 6) is 0.0358. The summed E-state index contributed by atoms with van der Waals surface area (Å²) in [5, 5.41) is 2.88. The van der Waals surface area contributed by atoms with Crippen LogP contribution < -0.4 is 11.1 Å². The van der Waals surface area contributed by atoms with Crippen LogP contribution in [0.2, 0.25) is 0 Å². The molecule has 20 heavy (non-hydrogen) atoms. The van der Waals surface area contributed by atoms with Crippen LogP contribution in [0.3, 0.4) is 0 Å². The minimum absolute atomic E-state index is 0.0358. The van der Waals surface area contributed by atoms with E-state index in [-0.39, 0.29) is 5.91 Å². The van der Waals surface area contributed by atoms with E-state index < -0.39 is 0 Å². The number of carbonyl (C=O) groups is 1. The van der Waals surface area contributed by atoms with Gasteiger partial charge in [0.1, 0.15) is 0 Å². The number of nitrogens with zero attached hydrogens (tertiary/aromatic N) is 1. The van der Waals surface area contributed by atoms with Gasteiger partial charge in [-0.1, -0.05) is 0 Å². The van der Waals surface area contributed by atoms with Gasteiger partial charge in [-0.2, -0.15) is 0 Å². The molecule has 0 saturated carbocycles. The zero-order chi connectivity index (χ0) is 14.4. The first-order valence-corrected chi connectivity index (χ1v) is 7.08. The van der Waals surface area contributed by atoms with Gasteiger partial charge in [0.2, 0.25) is 5.91 Å². The molecule has 0 aliphatic carbocycles. The van der Waals surface area contributed by atoms with Crippen molar-refractivity contribution in [2.45, 2.75) is 25.3 Å². The van der Waals surface area contributed by atoms with Gasteiger partial charge in [0.25, 0.3) is 0 Å². The van der Waals surface area contributed by atoms with E-state index >= 15 is 0 Å². The van der Waals surface area contributed by atoms with Crippen molar-refractivity contribution in [3.8, 4) is 0 Å². The predicted octanol–water partition coefficient (Wildman–Crippen LogP) is 1.71. The molecule has 1 aliphatic heterocycles. The van der Waals surface area contributed by atoms with Crippen LogP contribution in [0.4, 0.5) is 11.4 Å². The number of rotatable bonds is 5. The molecule has 1 saturated heterocycles. The Hall–Kier alpha value is -1.59. The van der Waals surface area contributed by atoms with Crippen LogP contribution in [-0.2, 0) is 9.53 Å². The lowest BCUT2D eigenvalue weighted by Gasteiger charge is -2.30. The van der Waals surface area contributed by atoms with Gasteiger partial charge < -0.3 is 20.7 Å². The van der Waals surface area contributed by atoms with Crippen LogP contribution in [0.5, 0.6) is 0 Å². The first-order chi connectivity index (χ1) is 9.65. The molecule has 1 aliphatic rings. The number of ether oxygens (including phenoxy) is 1. The second-order valence-electron chi connectivity index (χ2n) is 5.24. The summed E-state index contributed by atoms with van der Waals surface area (Å²) in [4.78, 5) is 14.1. The molecule has 0 radical (unpaired) electrons. The quantitative estimate of drug-likeness (QED) is 0.804. The lowest BCUT2D eigenvalue weighted by Crippen LogP contribution is -2.38. The molecular weight excluding hydrogens is 254 g/mol. The van der Waals surface area contributed by atoms with Gasteiger partial charge in [-0.25, -0.2) is 0 Å². The Morgan fingerprint density at radius 1 is 1.35 bits per heavy atom. The third-order valence-corrected chi connectivity index (χ3v) is 3.70. The van der Waals surface area contributed by atoms with Crippen LogP contribution in [0.15, 0.2) is 24.3 Å². The number of hydrogen-bond donors (Lipinski definition) is 2. The smallest absolute Gasteiger partial charge is 0.225 e. The number of nitrogen functional groups attached to an aromatic ring is 1. The fourth-order valence-electron chi connectivity index (χ4n) is 2.38. The molecule has 0 spiro atoms. The molecule has 0 unspecified atom stereocenters. The summed E-state index contributed by atoms with van der Waals surface area (Å²) < 4.78 is 5.35. The SMILES string of the molecule is CN(CCC(=O)Nc1ccc(N)cc1)C1CCOCC1. The van der Waals surface area contributed by atoms with Crippen molar-refractivity contribution in [3.05, 3.63) is 24.3 Å². The van der Waals surface area contributed by atoms with Crippen LogP contribution in [0.1, 0.15) is 19.3 Å². The Labute approximate surface area is 120 Å². The summed E-state index contributed by atoms with van der Waals surface area (Å²) >= 11 is 0. The molecule has 5 heteroatoms. The van der Waals surface area contributed by atoms with E-state index in [0.29, 0.717) is 18.2 Å². The normalized spacial score (nSPS) is 16.3. The summed E-state index contributed by atoms with van der Waals surface area (Å²) in [5.41, 5.74) is 7.10. The van der Waals surface area contributed by atoms with Gasteiger partial charge in [0, 0.05) is 43.6 Å². The van der Waals surface area contributed by atoms with Gasteiger partial charge in [-0.05, 0) is 44.2 Å². The first-order valence-electron chi connectivity index (χ1n) is 7.08. The van der Waals surface area contributed by atoms with E-state index in [4.69, 9.17) is 10.5 Å². The predicted molar refractivity (Wildman–Crippen MR) is 80.6 cm³/mol. The lowest BCUT2D eigenvalue weighted by atomic mass is 10.1. The lowest BCUT2D eigenvalue weighted by molar-refractivity contribution is -0.116. The van der Waals surface area contributed by atoms with Crippen molar-refractivity contribution in [3.63, 3.8) is 0 Å². The largest absolute Gasteiger partial charge is 0.399 e.